The highest BCUT2D eigenvalue weighted by Gasteiger charge is 2.22. The molecule has 0 aliphatic rings. The van der Waals surface area contributed by atoms with E-state index in [1.165, 1.54) is 19.2 Å². The van der Waals surface area contributed by atoms with E-state index in [-0.39, 0.29) is 22.0 Å². The fourth-order valence-corrected chi connectivity index (χ4v) is 1.84. The molecule has 0 aliphatic carbocycles. The molecule has 0 aromatic heterocycles. The molecule has 1 amide bonds. The van der Waals surface area contributed by atoms with Crippen molar-refractivity contribution in [2.24, 2.45) is 0 Å². The van der Waals surface area contributed by atoms with Crippen molar-refractivity contribution in [3.8, 4) is 0 Å². The average Bonchev–Trinajstić information content (AvgIpc) is 2.25. The normalized spacial score (nSPS) is 11.0. The van der Waals surface area contributed by atoms with Crippen molar-refractivity contribution < 1.29 is 9.72 Å². The molecule has 6 nitrogen and oxygen atoms in total. The number of hydrogen-bond donors (Lipinski definition) is 2. The molecule has 104 valence electrons. The van der Waals surface area contributed by atoms with Crippen LogP contribution in [0.3, 0.4) is 0 Å². The molecule has 1 rings (SSSR count). The van der Waals surface area contributed by atoms with Gasteiger partial charge >= 0.3 is 0 Å². The second-order valence-corrected chi connectivity index (χ2v) is 5.47. The number of carbonyl (C=O) groups is 1. The largest absolute Gasteiger partial charge is 0.381 e. The molecule has 19 heavy (non-hydrogen) atoms. The zero-order chi connectivity index (χ0) is 14.8. The van der Waals surface area contributed by atoms with Gasteiger partial charge in [0.15, 0.2) is 0 Å². The monoisotopic (exact) mass is 285 g/mol. The average molecular weight is 286 g/mol. The van der Waals surface area contributed by atoms with Gasteiger partial charge in [-0.25, -0.2) is 0 Å². The van der Waals surface area contributed by atoms with Gasteiger partial charge in [0.1, 0.15) is 5.69 Å². The van der Waals surface area contributed by atoms with E-state index in [4.69, 9.17) is 11.6 Å². The number of nitro benzene ring substituents is 1. The van der Waals surface area contributed by atoms with E-state index >= 15 is 0 Å². The number of nitrogens with zero attached hydrogens (tertiary/aromatic N) is 1. The van der Waals surface area contributed by atoms with Gasteiger partial charge in [0.05, 0.1) is 9.95 Å². The minimum atomic E-state index is -0.578. The van der Waals surface area contributed by atoms with Gasteiger partial charge in [-0.2, -0.15) is 0 Å². The lowest BCUT2D eigenvalue weighted by Gasteiger charge is -2.20. The first-order valence-electron chi connectivity index (χ1n) is 5.64. The molecule has 2 N–H and O–H groups in total. The molecule has 0 spiro atoms. The Labute approximate surface area is 116 Å². The van der Waals surface area contributed by atoms with Gasteiger partial charge in [-0.15, -0.1) is 0 Å². The molecule has 0 heterocycles. The number of halogens is 1. The van der Waals surface area contributed by atoms with Crippen LogP contribution >= 0.6 is 11.6 Å². The van der Waals surface area contributed by atoms with Gasteiger partial charge in [0.25, 0.3) is 11.6 Å². The van der Waals surface area contributed by atoms with Gasteiger partial charge in [-0.3, -0.25) is 14.9 Å². The Kier molecular flexibility index (Phi) is 4.36. The highest BCUT2D eigenvalue weighted by Crippen LogP contribution is 2.33. The van der Waals surface area contributed by atoms with Crippen LogP contribution in [-0.2, 0) is 0 Å². The van der Waals surface area contributed by atoms with Crippen LogP contribution in [0.1, 0.15) is 31.1 Å². The SMILES string of the molecule is CNc1c(Cl)cc(C(=O)NC(C)(C)C)cc1[N+](=O)[O-]. The molecular formula is C12H16ClN3O3. The highest BCUT2D eigenvalue weighted by atomic mass is 35.5. The van der Waals surface area contributed by atoms with E-state index in [9.17, 15) is 14.9 Å². The van der Waals surface area contributed by atoms with Gasteiger partial charge in [-0.1, -0.05) is 11.6 Å². The van der Waals surface area contributed by atoms with Crippen LogP contribution in [0.5, 0.6) is 0 Å². The van der Waals surface area contributed by atoms with Crippen molar-refractivity contribution in [1.82, 2.24) is 5.32 Å². The first kappa shape index (κ1) is 15.2. The number of hydrogen-bond acceptors (Lipinski definition) is 4. The number of benzene rings is 1. The Hall–Kier alpha value is -1.82. The van der Waals surface area contributed by atoms with Crippen molar-refractivity contribution in [2.75, 3.05) is 12.4 Å². The first-order chi connectivity index (χ1) is 8.65. The molecule has 0 fully saturated rings. The van der Waals surface area contributed by atoms with Gasteiger partial charge < -0.3 is 10.6 Å². The lowest BCUT2D eigenvalue weighted by Crippen LogP contribution is -2.40. The molecule has 0 saturated carbocycles. The van der Waals surface area contributed by atoms with Crippen molar-refractivity contribution in [3.05, 3.63) is 32.8 Å². The predicted molar refractivity (Wildman–Crippen MR) is 74.9 cm³/mol. The summed E-state index contributed by atoms with van der Waals surface area (Å²) < 4.78 is 0. The fraction of sp³-hybridized carbons (Fsp3) is 0.417. The standard InChI is InChI=1S/C12H16ClN3O3/c1-12(2,3)15-11(17)7-5-8(13)10(14-4)9(6-7)16(18)19/h5-6,14H,1-4H3,(H,15,17). The minimum Gasteiger partial charge on any atom is -0.381 e. The van der Waals surface area contributed by atoms with E-state index in [2.05, 4.69) is 10.6 Å². The maximum atomic E-state index is 12.0. The Morgan fingerprint density at radius 1 is 1.37 bits per heavy atom. The van der Waals surface area contributed by atoms with Gasteiger partial charge in [-0.05, 0) is 26.8 Å². The molecule has 1 aromatic rings. The van der Waals surface area contributed by atoms with E-state index in [0.29, 0.717) is 0 Å². The number of nitrogens with one attached hydrogen (secondary N) is 2. The number of nitro groups is 1. The molecule has 0 bridgehead atoms. The molecule has 0 atom stereocenters. The zero-order valence-electron chi connectivity index (χ0n) is 11.2. The van der Waals surface area contributed by atoms with E-state index in [1.54, 1.807) is 0 Å². The topological polar surface area (TPSA) is 84.3 Å². The van der Waals surface area contributed by atoms with E-state index in [0.717, 1.165) is 0 Å². The third-order valence-corrected chi connectivity index (χ3v) is 2.56. The molecule has 0 saturated heterocycles. The molecule has 1 aromatic carbocycles. The van der Waals surface area contributed by atoms with Gasteiger partial charge in [0.2, 0.25) is 0 Å². The summed E-state index contributed by atoms with van der Waals surface area (Å²) in [6, 6.07) is 2.61. The molecular weight excluding hydrogens is 270 g/mol. The van der Waals surface area contributed by atoms with Gasteiger partial charge in [0, 0.05) is 24.2 Å². The Morgan fingerprint density at radius 3 is 2.37 bits per heavy atom. The molecule has 0 aliphatic heterocycles. The zero-order valence-corrected chi connectivity index (χ0v) is 12.0. The van der Waals surface area contributed by atoms with Crippen molar-refractivity contribution in [3.63, 3.8) is 0 Å². The van der Waals surface area contributed by atoms with Crippen LogP contribution in [0.2, 0.25) is 5.02 Å². The molecule has 7 heteroatoms. The number of carbonyl (C=O) groups excluding carboxylic acids is 1. The lowest BCUT2D eigenvalue weighted by molar-refractivity contribution is -0.383. The van der Waals surface area contributed by atoms with Crippen molar-refractivity contribution in [1.29, 1.82) is 0 Å². The fourth-order valence-electron chi connectivity index (χ4n) is 1.53. The smallest absolute Gasteiger partial charge is 0.294 e. The van der Waals surface area contributed by atoms with E-state index in [1.807, 2.05) is 20.8 Å². The number of anilines is 1. The Morgan fingerprint density at radius 2 is 1.95 bits per heavy atom. The van der Waals surface area contributed by atoms with Crippen molar-refractivity contribution >= 4 is 28.9 Å². The Balaban J connectivity index is 3.25. The van der Waals surface area contributed by atoms with E-state index < -0.39 is 16.4 Å². The van der Waals surface area contributed by atoms with Crippen LogP contribution in [0.4, 0.5) is 11.4 Å². The summed E-state index contributed by atoms with van der Waals surface area (Å²) in [5.74, 6) is -0.403. The molecule has 0 unspecified atom stereocenters. The Bertz CT molecular complexity index is 524. The van der Waals surface area contributed by atoms with Crippen LogP contribution in [-0.4, -0.2) is 23.4 Å². The van der Waals surface area contributed by atoms with Crippen LogP contribution in [0.15, 0.2) is 12.1 Å². The number of amides is 1. The third-order valence-electron chi connectivity index (χ3n) is 2.27. The summed E-state index contributed by atoms with van der Waals surface area (Å²) in [6.45, 7) is 5.47. The lowest BCUT2D eigenvalue weighted by atomic mass is 10.1. The summed E-state index contributed by atoms with van der Waals surface area (Å²) in [4.78, 5) is 22.4. The summed E-state index contributed by atoms with van der Waals surface area (Å²) in [7, 11) is 1.53. The quantitative estimate of drug-likeness (QED) is 0.660. The summed E-state index contributed by atoms with van der Waals surface area (Å²) in [5.41, 5.74) is -0.307. The highest BCUT2D eigenvalue weighted by molar-refractivity contribution is 6.34. The summed E-state index contributed by atoms with van der Waals surface area (Å²) >= 11 is 5.95. The maximum absolute atomic E-state index is 12.0. The summed E-state index contributed by atoms with van der Waals surface area (Å²) in [5, 5.41) is 16.5. The second kappa shape index (κ2) is 5.44. The second-order valence-electron chi connectivity index (χ2n) is 5.06. The van der Waals surface area contributed by atoms with Crippen molar-refractivity contribution in [2.45, 2.75) is 26.3 Å². The third kappa shape index (κ3) is 3.82. The number of rotatable bonds is 3. The van der Waals surface area contributed by atoms with Crippen LogP contribution in [0, 0.1) is 10.1 Å². The minimum absolute atomic E-state index is 0.135. The first-order valence-corrected chi connectivity index (χ1v) is 6.01. The summed E-state index contributed by atoms with van der Waals surface area (Å²) in [6.07, 6.45) is 0. The predicted octanol–water partition coefficient (Wildman–Crippen LogP) is 2.82. The molecule has 0 radical (unpaired) electrons. The maximum Gasteiger partial charge on any atom is 0.294 e. The van der Waals surface area contributed by atoms with Crippen LogP contribution in [0.25, 0.3) is 0 Å². The van der Waals surface area contributed by atoms with Crippen LogP contribution < -0.4 is 10.6 Å².